The fraction of sp³-hybridized carbons (Fsp3) is 0.181. The molecule has 10 aromatic rings. The predicted octanol–water partition coefficient (Wildman–Crippen LogP) is 8.85. The summed E-state index contributed by atoms with van der Waals surface area (Å²) in [5.74, 6) is -2.12. The van der Waals surface area contributed by atoms with Crippen LogP contribution >= 0.6 is 47.8 Å². The van der Waals surface area contributed by atoms with Crippen molar-refractivity contribution in [2.24, 2.45) is 0 Å². The second-order valence-corrected chi connectivity index (χ2v) is 23.5. The van der Waals surface area contributed by atoms with Gasteiger partial charge in [0.1, 0.15) is 0 Å². The van der Waals surface area contributed by atoms with E-state index in [0.29, 0.717) is 45.2 Å². The van der Waals surface area contributed by atoms with Crippen LogP contribution in [-0.2, 0) is 58.6 Å². The van der Waals surface area contributed by atoms with E-state index >= 15 is 0 Å². The van der Waals surface area contributed by atoms with Gasteiger partial charge in [-0.25, -0.2) is 0 Å². The van der Waals surface area contributed by atoms with E-state index in [9.17, 15) is 9.59 Å². The number of carbonyl (C=O) groups excluding carboxylic acids is 2. The minimum atomic E-state index is -0.756. The zero-order valence-corrected chi connectivity index (χ0v) is 67.8. The first-order chi connectivity index (χ1) is 46.5. The Morgan fingerprint density at radius 3 is 0.871 bits per heavy atom. The number of hydrogen-bond acceptors (Lipinski definition) is 10. The Balaban J connectivity index is 0.000000606. The van der Waals surface area contributed by atoms with E-state index in [2.05, 4.69) is 97.9 Å². The molecule has 13 rings (SSSR count). The van der Waals surface area contributed by atoms with Gasteiger partial charge in [-0.15, -0.1) is 19.7 Å². The topological polar surface area (TPSA) is 130 Å². The quantitative estimate of drug-likeness (QED) is 0.0319. The van der Waals surface area contributed by atoms with E-state index in [1.54, 1.807) is 6.08 Å². The SMILES string of the molecule is Brc1ccc(C2(c3ccccc3)OCCO2)cc1.C.C=CCBr.C=CCc1ccc(C(=O)c2ccccc2)cc1.C=CCc1ccc(C2(c3ccccc3)OCCO2)cc1.O=C(c1ccccc1)c1ccc(Br)cc1.OCCO.[Br-].[Br-].[Br-].[Mg+2].[Mg+2].[c-]1ccc(C2(c3ccccc3)OCCO2)cc1. The van der Waals surface area contributed by atoms with Gasteiger partial charge in [0, 0.05) is 64.3 Å². The summed E-state index contributed by atoms with van der Waals surface area (Å²) in [6, 6.07) is 91.1. The molecule has 0 unspecified atom stereocenters. The number of aliphatic hydroxyl groups excluding tert-OH is 2. The number of alkyl halides is 1. The molecule has 0 radical (unpaired) electrons. The molecule has 3 aliphatic heterocycles. The molecular formula is C83H82Br6Mg2O10. The van der Waals surface area contributed by atoms with Gasteiger partial charge in [-0.1, -0.05) is 291 Å². The summed E-state index contributed by atoms with van der Waals surface area (Å²) < 4.78 is 37.6. The van der Waals surface area contributed by atoms with Gasteiger partial charge < -0.3 is 89.6 Å². The van der Waals surface area contributed by atoms with E-state index in [4.69, 9.17) is 38.6 Å². The molecule has 0 atom stereocenters. The summed E-state index contributed by atoms with van der Waals surface area (Å²) in [7, 11) is 0. The van der Waals surface area contributed by atoms with Gasteiger partial charge in [-0.3, -0.25) is 9.59 Å². The molecule has 0 bridgehead atoms. The average molecular weight is 1770 g/mol. The van der Waals surface area contributed by atoms with Crippen LogP contribution in [0, 0.1) is 6.07 Å². The molecule has 101 heavy (non-hydrogen) atoms. The largest absolute Gasteiger partial charge is 2.00 e. The minimum Gasteiger partial charge on any atom is -1.00 e. The molecule has 18 heteroatoms. The Morgan fingerprint density at radius 2 is 0.594 bits per heavy atom. The molecule has 0 amide bonds. The van der Waals surface area contributed by atoms with Crippen LogP contribution in [0.1, 0.15) is 83.8 Å². The fourth-order valence-corrected chi connectivity index (χ4v) is 10.6. The number of halogens is 6. The Labute approximate surface area is 686 Å². The molecule has 3 saturated heterocycles. The van der Waals surface area contributed by atoms with Crippen molar-refractivity contribution in [3.63, 3.8) is 0 Å². The Hall–Kier alpha value is -5.15. The summed E-state index contributed by atoms with van der Waals surface area (Å²) in [6.45, 7) is 14.3. The zero-order chi connectivity index (χ0) is 67.4. The molecule has 10 nitrogen and oxygen atoms in total. The van der Waals surface area contributed by atoms with Crippen LogP contribution in [0.4, 0.5) is 0 Å². The Kier molecular flexibility index (Phi) is 48.3. The summed E-state index contributed by atoms with van der Waals surface area (Å²) >= 11 is 9.92. The normalized spacial score (nSPS) is 13.3. The van der Waals surface area contributed by atoms with Crippen molar-refractivity contribution in [3.8, 4) is 0 Å². The average Bonchev–Trinajstić information content (AvgIpc) is 1.71. The smallest absolute Gasteiger partial charge is 1.00 e. The number of ketones is 2. The third-order valence-corrected chi connectivity index (χ3v) is 16.1. The number of aliphatic hydroxyl groups is 2. The van der Waals surface area contributed by atoms with E-state index < -0.39 is 17.4 Å². The number of rotatable bonds is 16. The van der Waals surface area contributed by atoms with Gasteiger partial charge in [-0.2, -0.15) is 30.3 Å². The van der Waals surface area contributed by atoms with E-state index in [0.717, 1.165) is 77.2 Å². The molecule has 0 saturated carbocycles. The van der Waals surface area contributed by atoms with Crippen molar-refractivity contribution in [2.75, 3.05) is 58.2 Å². The Bertz CT molecular complexity index is 3790. The molecule has 520 valence electrons. The van der Waals surface area contributed by atoms with Crippen molar-refractivity contribution < 1.29 is 99.2 Å². The molecule has 3 fully saturated rings. The first-order valence-electron chi connectivity index (χ1n) is 31.0. The first-order valence-corrected chi connectivity index (χ1v) is 33.7. The third kappa shape index (κ3) is 28.3. The molecule has 0 aromatic heterocycles. The van der Waals surface area contributed by atoms with Crippen LogP contribution in [0.25, 0.3) is 0 Å². The number of ether oxygens (including phenoxy) is 6. The number of benzene rings is 10. The predicted molar refractivity (Wildman–Crippen MR) is 408 cm³/mol. The monoisotopic (exact) mass is 1760 g/mol. The molecule has 0 aliphatic carbocycles. The van der Waals surface area contributed by atoms with Crippen molar-refractivity contribution in [3.05, 3.63) is 393 Å². The minimum absolute atomic E-state index is 0. The maximum Gasteiger partial charge on any atom is 2.00 e. The van der Waals surface area contributed by atoms with Crippen molar-refractivity contribution in [2.45, 2.75) is 37.6 Å². The van der Waals surface area contributed by atoms with Crippen LogP contribution in [0.5, 0.6) is 0 Å². The van der Waals surface area contributed by atoms with Crippen LogP contribution in [0.3, 0.4) is 0 Å². The molecular weight excluding hydrogens is 1680 g/mol. The fourth-order valence-electron chi connectivity index (χ4n) is 10.1. The number of hydrogen-bond donors (Lipinski definition) is 2. The Morgan fingerprint density at radius 1 is 0.366 bits per heavy atom. The van der Waals surface area contributed by atoms with E-state index in [1.807, 2.05) is 261 Å². The second kappa shape index (κ2) is 51.9. The van der Waals surface area contributed by atoms with Gasteiger partial charge in [0.25, 0.3) is 0 Å². The summed E-state index contributed by atoms with van der Waals surface area (Å²) in [5, 5.41) is 16.1. The summed E-state index contributed by atoms with van der Waals surface area (Å²) in [6.07, 6.45) is 7.26. The standard InChI is InChI=1S/C18H18O2.C16H14O.C15H13BrO2.C15H13O2.C13H9BrO.C3H5Br.C2H6O2.CH4.3BrH.2Mg/c1-2-6-15-9-11-17(12-10-15)18(19-13-14-20-18)16-7-4-3-5-8-16;1-2-6-13-9-11-15(12-10-13)16(17)14-7-4-3-5-8-14;16-14-8-6-13(7-9-14)15(17-10-11-18-15)12-4-2-1-3-5-12;1-3-7-13(8-4-1)15(16-11-12-17-15)14-9-5-2-6-10-14;14-12-8-6-11(7-9-12)13(15)10-4-2-1-3-5-10;1-2-3-4;3-1-2-4;;;;;;/h2-5,7-12H,1,6,13-14H2;2-5,7-12H,1,6H2;1-9H,10-11H2;1,3-10H,11-12H2;1-9H;2H,1,3H2;3-4H,1-2H2;1H4;3*1H;;/q;;;-1;;;;;;;;2*+2/p-3. The number of carbonyl (C=O) groups is 2. The van der Waals surface area contributed by atoms with Gasteiger partial charge >= 0.3 is 46.1 Å². The van der Waals surface area contributed by atoms with Crippen molar-refractivity contribution >= 4 is 105 Å². The first kappa shape index (κ1) is 93.9. The van der Waals surface area contributed by atoms with E-state index in [1.165, 1.54) is 11.1 Å². The molecule has 3 aliphatic rings. The molecule has 10 aromatic carbocycles. The third-order valence-electron chi connectivity index (χ3n) is 14.6. The van der Waals surface area contributed by atoms with Crippen molar-refractivity contribution in [1.82, 2.24) is 0 Å². The van der Waals surface area contributed by atoms with Crippen LogP contribution in [0.2, 0.25) is 0 Å². The van der Waals surface area contributed by atoms with Crippen LogP contribution in [0.15, 0.2) is 320 Å². The maximum absolute atomic E-state index is 12.1. The second-order valence-electron chi connectivity index (χ2n) is 21.0. The molecule has 3 heterocycles. The zero-order valence-electron chi connectivity index (χ0n) is 55.5. The van der Waals surface area contributed by atoms with E-state index in [-0.39, 0.29) is 129 Å². The summed E-state index contributed by atoms with van der Waals surface area (Å²) in [4.78, 5) is 24.0. The van der Waals surface area contributed by atoms with Crippen molar-refractivity contribution in [1.29, 1.82) is 0 Å². The maximum atomic E-state index is 12.1. The molecule has 0 spiro atoms. The number of allylic oxidation sites excluding steroid dienone is 3. The van der Waals surface area contributed by atoms with Gasteiger partial charge in [0.05, 0.1) is 52.9 Å². The van der Waals surface area contributed by atoms with Gasteiger partial charge in [-0.05, 0) is 60.4 Å². The van der Waals surface area contributed by atoms with Gasteiger partial charge in [0.15, 0.2) is 17.4 Å². The van der Waals surface area contributed by atoms with Gasteiger partial charge in [0.2, 0.25) is 11.6 Å². The summed E-state index contributed by atoms with van der Waals surface area (Å²) in [5.41, 5.74) is 11.5. The van der Waals surface area contributed by atoms with Crippen LogP contribution < -0.4 is 50.9 Å². The molecule has 2 N–H and O–H groups in total. The van der Waals surface area contributed by atoms with Crippen LogP contribution in [-0.4, -0.2) is 126 Å².